The molecule has 0 saturated carbocycles. The van der Waals surface area contributed by atoms with Crippen molar-refractivity contribution in [2.75, 3.05) is 5.32 Å². The second kappa shape index (κ2) is 11.2. The zero-order valence-corrected chi connectivity index (χ0v) is 19.9. The summed E-state index contributed by atoms with van der Waals surface area (Å²) < 4.78 is 7.70. The quantitative estimate of drug-likeness (QED) is 0.339. The second-order valence-corrected chi connectivity index (χ2v) is 8.19. The number of benzene rings is 2. The van der Waals surface area contributed by atoms with Crippen LogP contribution in [0.15, 0.2) is 76.4 Å². The molecule has 4 rings (SSSR count). The number of anilines is 2. The first-order valence-corrected chi connectivity index (χ1v) is 11.3. The van der Waals surface area contributed by atoms with Crippen LogP contribution in [0.5, 0.6) is 11.6 Å². The molecule has 37 heavy (non-hydrogen) atoms. The highest BCUT2D eigenvalue weighted by molar-refractivity contribution is 6.30. The maximum atomic E-state index is 13.2. The van der Waals surface area contributed by atoms with Crippen LogP contribution in [0.4, 0.5) is 11.6 Å². The molecule has 0 fully saturated rings. The van der Waals surface area contributed by atoms with E-state index in [1.54, 1.807) is 54.6 Å². The number of carboxylic acids is 1. The van der Waals surface area contributed by atoms with E-state index in [1.165, 1.54) is 16.8 Å². The van der Waals surface area contributed by atoms with Crippen LogP contribution < -0.4 is 21.4 Å². The molecule has 0 saturated heterocycles. The van der Waals surface area contributed by atoms with Gasteiger partial charge in [0.05, 0.1) is 24.6 Å². The van der Waals surface area contributed by atoms with Crippen LogP contribution in [0.3, 0.4) is 0 Å². The average Bonchev–Trinajstić information content (AvgIpc) is 2.88. The summed E-state index contributed by atoms with van der Waals surface area (Å²) in [4.78, 5) is 44.8. The van der Waals surface area contributed by atoms with E-state index in [-0.39, 0.29) is 24.9 Å². The molecule has 11 nitrogen and oxygen atoms in total. The zero-order chi connectivity index (χ0) is 26.4. The van der Waals surface area contributed by atoms with Gasteiger partial charge in [-0.25, -0.2) is 19.1 Å². The van der Waals surface area contributed by atoms with E-state index in [0.717, 1.165) is 10.1 Å². The zero-order valence-electron chi connectivity index (χ0n) is 19.2. The predicted molar refractivity (Wildman–Crippen MR) is 134 cm³/mol. The molecule has 0 unspecified atom stereocenters. The van der Waals surface area contributed by atoms with Gasteiger partial charge >= 0.3 is 17.3 Å². The minimum atomic E-state index is -1.14. The average molecular weight is 519 g/mol. The van der Waals surface area contributed by atoms with Crippen molar-refractivity contribution in [3.63, 3.8) is 0 Å². The van der Waals surface area contributed by atoms with Crippen LogP contribution in [0.25, 0.3) is 0 Å². The molecule has 0 aliphatic heterocycles. The third-order valence-electron chi connectivity index (χ3n) is 5.15. The van der Waals surface area contributed by atoms with Crippen molar-refractivity contribution in [2.45, 2.75) is 19.5 Å². The van der Waals surface area contributed by atoms with Crippen molar-refractivity contribution in [3.05, 3.63) is 104 Å². The Morgan fingerprint density at radius 1 is 1.08 bits per heavy atom. The highest BCUT2D eigenvalue weighted by Gasteiger charge is 2.15. The number of rotatable bonds is 9. The Labute approximate surface area is 214 Å². The van der Waals surface area contributed by atoms with Gasteiger partial charge in [0, 0.05) is 29.5 Å². The molecule has 2 heterocycles. The maximum Gasteiger partial charge on any atom is 0.354 e. The topological polar surface area (TPSA) is 152 Å². The van der Waals surface area contributed by atoms with E-state index >= 15 is 0 Å². The number of pyridine rings is 1. The first kappa shape index (κ1) is 25.2. The van der Waals surface area contributed by atoms with Crippen LogP contribution in [0, 0.1) is 11.3 Å². The number of nitrogens with zero attached hydrogens (tertiary/aromatic N) is 5. The molecule has 0 aliphatic carbocycles. The molecule has 186 valence electrons. The summed E-state index contributed by atoms with van der Waals surface area (Å²) in [5.41, 5.74) is 0.0545. The van der Waals surface area contributed by atoms with Crippen molar-refractivity contribution in [1.82, 2.24) is 19.1 Å². The monoisotopic (exact) mass is 518 g/mol. The lowest BCUT2D eigenvalue weighted by Crippen LogP contribution is -2.43. The predicted octanol–water partition coefficient (Wildman–Crippen LogP) is 3.38. The van der Waals surface area contributed by atoms with Gasteiger partial charge in [-0.3, -0.25) is 9.36 Å². The van der Waals surface area contributed by atoms with Gasteiger partial charge in [0.1, 0.15) is 5.75 Å². The largest absolute Gasteiger partial charge is 0.481 e. The van der Waals surface area contributed by atoms with Gasteiger partial charge in [0.25, 0.3) is 0 Å². The van der Waals surface area contributed by atoms with E-state index in [9.17, 15) is 14.4 Å². The number of hydrogen-bond donors (Lipinski definition) is 2. The number of ether oxygens (including phenoxy) is 1. The summed E-state index contributed by atoms with van der Waals surface area (Å²) in [7, 11) is 0. The van der Waals surface area contributed by atoms with Crippen molar-refractivity contribution in [3.8, 4) is 17.7 Å². The molecule has 0 aliphatic rings. The fourth-order valence-electron chi connectivity index (χ4n) is 3.33. The molecule has 2 N–H and O–H groups in total. The fourth-order valence-corrected chi connectivity index (χ4v) is 3.46. The third kappa shape index (κ3) is 6.39. The molecule has 0 radical (unpaired) electrons. The molecule has 0 bridgehead atoms. The number of hydrogen-bond acceptors (Lipinski definition) is 8. The molecule has 0 atom stereocenters. The number of carboxylic acid groups (broad SMARTS) is 1. The first-order chi connectivity index (χ1) is 17.8. The van der Waals surface area contributed by atoms with Gasteiger partial charge in [-0.2, -0.15) is 10.2 Å². The maximum absolute atomic E-state index is 13.2. The lowest BCUT2D eigenvalue weighted by molar-refractivity contribution is -0.137. The van der Waals surface area contributed by atoms with Crippen molar-refractivity contribution in [1.29, 1.82) is 5.26 Å². The van der Waals surface area contributed by atoms with Gasteiger partial charge in [0.2, 0.25) is 11.8 Å². The lowest BCUT2D eigenvalue weighted by Gasteiger charge is -2.16. The highest BCUT2D eigenvalue weighted by Crippen LogP contribution is 2.23. The van der Waals surface area contributed by atoms with Crippen molar-refractivity contribution in [2.24, 2.45) is 0 Å². The third-order valence-corrected chi connectivity index (χ3v) is 5.40. The standard InChI is InChI=1S/C25H19ClN6O5/c26-18-3-1-16(2-4-18)15-32-23(30-24(35)31(25(32)36)12-10-22(33)34)29-19-5-7-20(8-6-19)37-21-13-17(14-27)9-11-28-21/h1-9,11,13H,10,12,15H2,(H,33,34)(H,29,30,35). The fraction of sp³-hybridized carbons (Fsp3) is 0.120. The second-order valence-electron chi connectivity index (χ2n) is 7.75. The smallest absolute Gasteiger partial charge is 0.354 e. The summed E-state index contributed by atoms with van der Waals surface area (Å²) in [6.45, 7) is -0.255. The van der Waals surface area contributed by atoms with Crippen molar-refractivity contribution >= 4 is 29.2 Å². The molecular weight excluding hydrogens is 500 g/mol. The Morgan fingerprint density at radius 3 is 2.49 bits per heavy atom. The Hall–Kier alpha value is -4.95. The Balaban J connectivity index is 1.63. The van der Waals surface area contributed by atoms with Crippen molar-refractivity contribution < 1.29 is 14.6 Å². The van der Waals surface area contributed by atoms with Gasteiger partial charge in [-0.05, 0) is 48.0 Å². The summed E-state index contributed by atoms with van der Waals surface area (Å²) in [5, 5.41) is 21.5. The first-order valence-electron chi connectivity index (χ1n) is 10.9. The van der Waals surface area contributed by atoms with E-state index in [0.29, 0.717) is 22.0 Å². The van der Waals surface area contributed by atoms with Gasteiger partial charge in [-0.1, -0.05) is 23.7 Å². The number of carbonyl (C=O) groups is 1. The van der Waals surface area contributed by atoms with E-state index in [2.05, 4.69) is 15.3 Å². The minimum Gasteiger partial charge on any atom is -0.481 e. The Bertz CT molecular complexity index is 1590. The molecule has 12 heteroatoms. The SMILES string of the molecule is N#Cc1ccnc(Oc2ccc(Nc3nc(=O)n(CCC(=O)O)c(=O)n3Cc3ccc(Cl)cc3)cc2)c1. The highest BCUT2D eigenvalue weighted by atomic mass is 35.5. The van der Waals surface area contributed by atoms with Crippen LogP contribution in [0.2, 0.25) is 5.02 Å². The van der Waals surface area contributed by atoms with Gasteiger partial charge in [0.15, 0.2) is 0 Å². The van der Waals surface area contributed by atoms with Crippen LogP contribution in [-0.2, 0) is 17.9 Å². The summed E-state index contributed by atoms with van der Waals surface area (Å²) in [6.07, 6.45) is 1.06. The molecule has 0 amide bonds. The Morgan fingerprint density at radius 2 is 1.81 bits per heavy atom. The summed E-state index contributed by atoms with van der Waals surface area (Å²) in [6, 6.07) is 18.5. The number of aliphatic carboxylic acids is 1. The van der Waals surface area contributed by atoms with E-state index < -0.39 is 23.8 Å². The Kier molecular flexibility index (Phi) is 7.61. The molecule has 2 aromatic carbocycles. The summed E-state index contributed by atoms with van der Waals surface area (Å²) >= 11 is 5.96. The molecule has 4 aromatic rings. The van der Waals surface area contributed by atoms with E-state index in [4.69, 9.17) is 26.7 Å². The minimum absolute atomic E-state index is 0.0198. The molecule has 2 aromatic heterocycles. The number of halogens is 1. The van der Waals surface area contributed by atoms with Gasteiger partial charge in [-0.15, -0.1) is 0 Å². The van der Waals surface area contributed by atoms with E-state index in [1.807, 2.05) is 6.07 Å². The molecule has 0 spiro atoms. The normalized spacial score (nSPS) is 10.5. The van der Waals surface area contributed by atoms with Crippen LogP contribution in [-0.4, -0.2) is 30.2 Å². The molecular formula is C25H19ClN6O5. The lowest BCUT2D eigenvalue weighted by atomic mass is 10.2. The van der Waals surface area contributed by atoms with Crippen LogP contribution >= 0.6 is 11.6 Å². The van der Waals surface area contributed by atoms with Crippen LogP contribution in [0.1, 0.15) is 17.5 Å². The van der Waals surface area contributed by atoms with Gasteiger partial charge < -0.3 is 15.2 Å². The number of aromatic nitrogens is 4. The number of nitrogens with one attached hydrogen (secondary N) is 1. The summed E-state index contributed by atoms with van der Waals surface area (Å²) in [5.74, 6) is -0.463. The number of nitriles is 1.